The second kappa shape index (κ2) is 5.80. The number of rotatable bonds is 3. The average molecular weight is 333 g/mol. The Kier molecular flexibility index (Phi) is 3.80. The molecule has 0 saturated carbocycles. The van der Waals surface area contributed by atoms with Crippen LogP contribution in [0.4, 0.5) is 18.9 Å². The van der Waals surface area contributed by atoms with Crippen molar-refractivity contribution >= 4 is 5.69 Å². The molecule has 2 aromatic carbocycles. The maximum Gasteiger partial charge on any atom is 0.416 e. The molecule has 0 bridgehead atoms. The molecule has 3 rings (SSSR count). The highest BCUT2D eigenvalue weighted by Crippen LogP contribution is 2.30. The van der Waals surface area contributed by atoms with Gasteiger partial charge in [-0.25, -0.2) is 4.98 Å². The van der Waals surface area contributed by atoms with Gasteiger partial charge in [0.25, 0.3) is 5.69 Å². The number of nitro groups is 1. The lowest BCUT2D eigenvalue weighted by atomic mass is 10.1. The lowest BCUT2D eigenvalue weighted by Crippen LogP contribution is -2.03. The summed E-state index contributed by atoms with van der Waals surface area (Å²) in [4.78, 5) is 14.3. The molecule has 8 heteroatoms. The van der Waals surface area contributed by atoms with Crippen LogP contribution in [0.1, 0.15) is 5.56 Å². The Labute approximate surface area is 134 Å². The van der Waals surface area contributed by atoms with Gasteiger partial charge in [-0.15, -0.1) is 0 Å². The molecule has 0 spiro atoms. The number of nitrogens with zero attached hydrogens (tertiary/aromatic N) is 3. The number of halogens is 3. The summed E-state index contributed by atoms with van der Waals surface area (Å²) in [6, 6.07) is 10.6. The molecule has 1 aromatic heterocycles. The first-order valence-corrected chi connectivity index (χ1v) is 6.81. The molecule has 0 unspecified atom stereocenters. The monoisotopic (exact) mass is 333 g/mol. The largest absolute Gasteiger partial charge is 0.416 e. The van der Waals surface area contributed by atoms with Crippen LogP contribution in [-0.4, -0.2) is 14.5 Å². The lowest BCUT2D eigenvalue weighted by Gasteiger charge is -2.06. The van der Waals surface area contributed by atoms with Crippen molar-refractivity contribution in [3.63, 3.8) is 0 Å². The summed E-state index contributed by atoms with van der Waals surface area (Å²) >= 11 is 0. The zero-order valence-corrected chi connectivity index (χ0v) is 12.1. The molecule has 0 N–H and O–H groups in total. The van der Waals surface area contributed by atoms with E-state index in [2.05, 4.69) is 4.98 Å². The van der Waals surface area contributed by atoms with Crippen molar-refractivity contribution in [1.82, 2.24) is 9.55 Å². The lowest BCUT2D eigenvalue weighted by molar-refractivity contribution is -0.384. The van der Waals surface area contributed by atoms with Crippen molar-refractivity contribution in [3.8, 4) is 16.9 Å². The van der Waals surface area contributed by atoms with Gasteiger partial charge in [0.1, 0.15) is 0 Å². The Morgan fingerprint density at radius 2 is 1.62 bits per heavy atom. The fourth-order valence-corrected chi connectivity index (χ4v) is 2.19. The summed E-state index contributed by atoms with van der Waals surface area (Å²) in [5, 5.41) is 10.6. The predicted molar refractivity (Wildman–Crippen MR) is 80.7 cm³/mol. The van der Waals surface area contributed by atoms with Gasteiger partial charge in [-0.1, -0.05) is 12.1 Å². The smallest absolute Gasteiger partial charge is 0.306 e. The number of imidazole rings is 1. The van der Waals surface area contributed by atoms with Crippen molar-refractivity contribution in [2.24, 2.45) is 0 Å². The van der Waals surface area contributed by atoms with Crippen LogP contribution in [0, 0.1) is 10.1 Å². The molecule has 0 saturated heterocycles. The third kappa shape index (κ3) is 3.12. The van der Waals surface area contributed by atoms with Crippen LogP contribution in [0.15, 0.2) is 61.1 Å². The number of hydrogen-bond acceptors (Lipinski definition) is 3. The molecular weight excluding hydrogens is 323 g/mol. The van der Waals surface area contributed by atoms with E-state index < -0.39 is 16.7 Å². The topological polar surface area (TPSA) is 61.0 Å². The summed E-state index contributed by atoms with van der Waals surface area (Å²) in [5.41, 5.74) is 0.958. The van der Waals surface area contributed by atoms with Crippen molar-refractivity contribution in [2.45, 2.75) is 6.18 Å². The van der Waals surface area contributed by atoms with E-state index in [4.69, 9.17) is 0 Å². The van der Waals surface area contributed by atoms with Gasteiger partial charge in [0, 0.05) is 29.6 Å². The molecule has 3 aromatic rings. The van der Waals surface area contributed by atoms with Crippen LogP contribution in [-0.2, 0) is 6.18 Å². The van der Waals surface area contributed by atoms with E-state index in [1.54, 1.807) is 22.9 Å². The fourth-order valence-electron chi connectivity index (χ4n) is 2.19. The van der Waals surface area contributed by atoms with Gasteiger partial charge in [0.2, 0.25) is 0 Å². The van der Waals surface area contributed by atoms with E-state index in [0.717, 1.165) is 12.1 Å². The Morgan fingerprint density at radius 1 is 1.00 bits per heavy atom. The molecule has 0 aliphatic heterocycles. The summed E-state index contributed by atoms with van der Waals surface area (Å²) in [7, 11) is 0. The van der Waals surface area contributed by atoms with Crippen molar-refractivity contribution in [3.05, 3.63) is 76.7 Å². The number of non-ortho nitro benzene ring substituents is 1. The van der Waals surface area contributed by atoms with Gasteiger partial charge in [-0.3, -0.25) is 10.1 Å². The first-order chi connectivity index (χ1) is 11.3. The molecule has 0 amide bonds. The van der Waals surface area contributed by atoms with E-state index in [1.807, 2.05) is 0 Å². The van der Waals surface area contributed by atoms with Crippen LogP contribution in [0.2, 0.25) is 0 Å². The molecule has 0 radical (unpaired) electrons. The highest BCUT2D eigenvalue weighted by molar-refractivity contribution is 5.59. The Balaban J connectivity index is 1.86. The van der Waals surface area contributed by atoms with Gasteiger partial charge >= 0.3 is 6.18 Å². The number of alkyl halides is 3. The van der Waals surface area contributed by atoms with E-state index in [9.17, 15) is 23.3 Å². The van der Waals surface area contributed by atoms with E-state index in [-0.39, 0.29) is 5.69 Å². The van der Waals surface area contributed by atoms with Crippen LogP contribution in [0.5, 0.6) is 0 Å². The van der Waals surface area contributed by atoms with Gasteiger partial charge in [-0.05, 0) is 24.3 Å². The van der Waals surface area contributed by atoms with E-state index in [1.165, 1.54) is 30.6 Å². The van der Waals surface area contributed by atoms with Crippen LogP contribution >= 0.6 is 0 Å². The summed E-state index contributed by atoms with van der Waals surface area (Å²) in [5.74, 6) is 0. The van der Waals surface area contributed by atoms with Crippen molar-refractivity contribution in [1.29, 1.82) is 0 Å². The molecule has 1 heterocycles. The molecule has 24 heavy (non-hydrogen) atoms. The minimum Gasteiger partial charge on any atom is -0.306 e. The Bertz CT molecular complexity index is 869. The Morgan fingerprint density at radius 3 is 2.17 bits per heavy atom. The van der Waals surface area contributed by atoms with E-state index >= 15 is 0 Å². The standard InChI is InChI=1S/C16H10F3N3O2/c17-16(18,19)12-3-1-11(2-4-12)15-9-21(10-20-15)13-5-7-14(8-6-13)22(23)24/h1-10H. The minimum atomic E-state index is -4.38. The third-order valence-electron chi connectivity index (χ3n) is 3.45. The highest BCUT2D eigenvalue weighted by atomic mass is 19.4. The van der Waals surface area contributed by atoms with Crippen LogP contribution in [0.3, 0.4) is 0 Å². The van der Waals surface area contributed by atoms with E-state index in [0.29, 0.717) is 16.9 Å². The SMILES string of the molecule is O=[N+]([O-])c1ccc(-n2cnc(-c3ccc(C(F)(F)F)cc3)c2)cc1. The number of benzene rings is 2. The number of hydrogen-bond donors (Lipinski definition) is 0. The zero-order chi connectivity index (χ0) is 17.3. The molecule has 0 atom stereocenters. The second-order valence-electron chi connectivity index (χ2n) is 5.01. The third-order valence-corrected chi connectivity index (χ3v) is 3.45. The molecule has 5 nitrogen and oxygen atoms in total. The maximum absolute atomic E-state index is 12.6. The van der Waals surface area contributed by atoms with Gasteiger partial charge in [0.15, 0.2) is 0 Å². The predicted octanol–water partition coefficient (Wildman–Crippen LogP) is 4.47. The highest BCUT2D eigenvalue weighted by Gasteiger charge is 2.30. The first kappa shape index (κ1) is 15.7. The fraction of sp³-hybridized carbons (Fsp3) is 0.0625. The summed E-state index contributed by atoms with van der Waals surface area (Å²) in [6.45, 7) is 0. The molecule has 0 fully saturated rings. The maximum atomic E-state index is 12.6. The van der Waals surface area contributed by atoms with Crippen LogP contribution in [0.25, 0.3) is 16.9 Å². The number of aromatic nitrogens is 2. The molecule has 122 valence electrons. The average Bonchev–Trinajstić information content (AvgIpc) is 3.04. The van der Waals surface area contributed by atoms with Gasteiger partial charge in [-0.2, -0.15) is 13.2 Å². The summed E-state index contributed by atoms with van der Waals surface area (Å²) < 4.78 is 39.3. The van der Waals surface area contributed by atoms with Gasteiger partial charge < -0.3 is 4.57 Å². The Hall–Kier alpha value is -3.16. The second-order valence-corrected chi connectivity index (χ2v) is 5.01. The quantitative estimate of drug-likeness (QED) is 0.525. The minimum absolute atomic E-state index is 0.0261. The number of nitro benzene ring substituents is 1. The summed E-state index contributed by atoms with van der Waals surface area (Å²) in [6.07, 6.45) is -1.24. The van der Waals surface area contributed by atoms with Crippen molar-refractivity contribution in [2.75, 3.05) is 0 Å². The molecule has 0 aliphatic rings. The molecular formula is C16H10F3N3O2. The molecule has 0 aliphatic carbocycles. The normalized spacial score (nSPS) is 11.5. The van der Waals surface area contributed by atoms with Gasteiger partial charge in [0.05, 0.1) is 22.5 Å². The van der Waals surface area contributed by atoms with Crippen LogP contribution < -0.4 is 0 Å². The zero-order valence-electron chi connectivity index (χ0n) is 12.1. The first-order valence-electron chi connectivity index (χ1n) is 6.81. The van der Waals surface area contributed by atoms with Crippen molar-refractivity contribution < 1.29 is 18.1 Å².